The first-order chi connectivity index (χ1) is 12.3. The molecule has 2 heterocycles. The number of benzene rings is 2. The number of ether oxygens (including phenoxy) is 1. The van der Waals surface area contributed by atoms with Crippen molar-refractivity contribution in [2.45, 2.75) is 0 Å². The van der Waals surface area contributed by atoms with Crippen LogP contribution in [0.4, 0.5) is 0 Å². The molecule has 0 aliphatic carbocycles. The first-order valence-corrected chi connectivity index (χ1v) is 7.95. The fourth-order valence-electron chi connectivity index (χ4n) is 2.87. The maximum atomic E-state index is 9.04. The van der Waals surface area contributed by atoms with Crippen molar-refractivity contribution < 1.29 is 9.84 Å². The van der Waals surface area contributed by atoms with E-state index >= 15 is 0 Å². The lowest BCUT2D eigenvalue weighted by atomic mass is 10.1. The molecule has 0 aliphatic rings. The summed E-state index contributed by atoms with van der Waals surface area (Å²) in [4.78, 5) is 4.51. The van der Waals surface area contributed by atoms with Crippen molar-refractivity contribution in [1.29, 1.82) is 0 Å². The Morgan fingerprint density at radius 3 is 2.88 bits per heavy atom. The zero-order valence-electron chi connectivity index (χ0n) is 13.7. The Bertz CT molecular complexity index is 1020. The minimum Gasteiger partial charge on any atom is -0.490 e. The number of aryl methyl sites for hydroxylation is 1. The van der Waals surface area contributed by atoms with Crippen LogP contribution in [0.1, 0.15) is 0 Å². The van der Waals surface area contributed by atoms with E-state index in [9.17, 15) is 0 Å². The minimum absolute atomic E-state index is 0.0400. The SMILES string of the molecule is Cn1nnc2c(-n3ccnc3-c3ccccc3OCCO)cccc21. The van der Waals surface area contributed by atoms with Crippen LogP contribution < -0.4 is 4.74 Å². The summed E-state index contributed by atoms with van der Waals surface area (Å²) in [5.74, 6) is 1.42. The molecule has 25 heavy (non-hydrogen) atoms. The summed E-state index contributed by atoms with van der Waals surface area (Å²) < 4.78 is 9.37. The van der Waals surface area contributed by atoms with Gasteiger partial charge in [-0.15, -0.1) is 5.10 Å². The van der Waals surface area contributed by atoms with Gasteiger partial charge < -0.3 is 9.84 Å². The fraction of sp³-hybridized carbons (Fsp3) is 0.167. The predicted molar refractivity (Wildman–Crippen MR) is 93.6 cm³/mol. The molecular weight excluding hydrogens is 318 g/mol. The molecule has 0 saturated carbocycles. The zero-order chi connectivity index (χ0) is 17.2. The monoisotopic (exact) mass is 335 g/mol. The number of aliphatic hydroxyl groups excluding tert-OH is 1. The van der Waals surface area contributed by atoms with Gasteiger partial charge in [-0.2, -0.15) is 0 Å². The van der Waals surface area contributed by atoms with Crippen molar-refractivity contribution in [2.75, 3.05) is 13.2 Å². The lowest BCUT2D eigenvalue weighted by Crippen LogP contribution is -2.04. The van der Waals surface area contributed by atoms with Gasteiger partial charge in [-0.1, -0.05) is 23.4 Å². The number of hydrogen-bond donors (Lipinski definition) is 1. The molecule has 1 N–H and O–H groups in total. The van der Waals surface area contributed by atoms with Crippen molar-refractivity contribution in [3.63, 3.8) is 0 Å². The van der Waals surface area contributed by atoms with Crippen LogP contribution in [0.3, 0.4) is 0 Å². The second-order valence-electron chi connectivity index (χ2n) is 5.55. The van der Waals surface area contributed by atoms with E-state index in [4.69, 9.17) is 9.84 Å². The smallest absolute Gasteiger partial charge is 0.148 e. The van der Waals surface area contributed by atoms with Gasteiger partial charge in [-0.25, -0.2) is 9.67 Å². The normalized spacial score (nSPS) is 11.1. The lowest BCUT2D eigenvalue weighted by Gasteiger charge is -2.12. The van der Waals surface area contributed by atoms with E-state index in [-0.39, 0.29) is 13.2 Å². The molecule has 0 saturated heterocycles. The van der Waals surface area contributed by atoms with Gasteiger partial charge in [0, 0.05) is 19.4 Å². The molecule has 0 atom stereocenters. The second kappa shape index (κ2) is 6.37. The number of fused-ring (bicyclic) bond motifs is 1. The van der Waals surface area contributed by atoms with Crippen LogP contribution in [-0.2, 0) is 7.05 Å². The Morgan fingerprint density at radius 1 is 1.12 bits per heavy atom. The van der Waals surface area contributed by atoms with E-state index in [2.05, 4.69) is 15.3 Å². The summed E-state index contributed by atoms with van der Waals surface area (Å²) >= 11 is 0. The number of imidazole rings is 1. The molecule has 7 nitrogen and oxygen atoms in total. The molecule has 7 heteroatoms. The van der Waals surface area contributed by atoms with E-state index < -0.39 is 0 Å². The quantitative estimate of drug-likeness (QED) is 0.605. The third-order valence-electron chi connectivity index (χ3n) is 4.00. The Balaban J connectivity index is 1.87. The zero-order valence-corrected chi connectivity index (χ0v) is 13.7. The molecule has 0 fully saturated rings. The Kier molecular flexibility index (Phi) is 3.91. The highest BCUT2D eigenvalue weighted by atomic mass is 16.5. The topological polar surface area (TPSA) is 78.0 Å². The van der Waals surface area contributed by atoms with Gasteiger partial charge in [-0.3, -0.25) is 4.57 Å². The average Bonchev–Trinajstić information content (AvgIpc) is 3.27. The number of para-hydroxylation sites is 1. The van der Waals surface area contributed by atoms with Gasteiger partial charge >= 0.3 is 0 Å². The number of nitrogens with zero attached hydrogens (tertiary/aromatic N) is 5. The van der Waals surface area contributed by atoms with E-state index in [1.54, 1.807) is 10.9 Å². The van der Waals surface area contributed by atoms with Crippen LogP contribution in [0.2, 0.25) is 0 Å². The standard InChI is InChI=1S/C18H17N5O2/c1-22-14-6-4-7-15(17(14)20-21-22)23-10-9-19-18(23)13-5-2-3-8-16(13)25-12-11-24/h2-10,24H,11-12H2,1H3. The fourth-order valence-corrected chi connectivity index (χ4v) is 2.87. The van der Waals surface area contributed by atoms with Gasteiger partial charge in [0.1, 0.15) is 23.7 Å². The molecular formula is C18H17N5O2. The Morgan fingerprint density at radius 2 is 2.00 bits per heavy atom. The molecule has 2 aromatic carbocycles. The number of aromatic nitrogens is 5. The summed E-state index contributed by atoms with van der Waals surface area (Å²) in [6.45, 7) is 0.194. The molecule has 0 aliphatic heterocycles. The highest BCUT2D eigenvalue weighted by Gasteiger charge is 2.16. The van der Waals surface area contributed by atoms with Gasteiger partial charge in [0.2, 0.25) is 0 Å². The van der Waals surface area contributed by atoms with Gasteiger partial charge in [-0.05, 0) is 24.3 Å². The van der Waals surface area contributed by atoms with Crippen molar-refractivity contribution >= 4 is 11.0 Å². The van der Waals surface area contributed by atoms with E-state index in [1.165, 1.54) is 0 Å². The van der Waals surface area contributed by atoms with Crippen molar-refractivity contribution in [2.24, 2.45) is 7.05 Å². The molecule has 0 spiro atoms. The third kappa shape index (κ3) is 2.64. The first kappa shape index (κ1) is 15.3. The number of aliphatic hydroxyl groups is 1. The van der Waals surface area contributed by atoms with Crippen molar-refractivity contribution in [1.82, 2.24) is 24.5 Å². The van der Waals surface area contributed by atoms with Crippen LogP contribution in [0.15, 0.2) is 54.9 Å². The van der Waals surface area contributed by atoms with Crippen LogP contribution in [0, 0.1) is 0 Å². The Hall–Kier alpha value is -3.19. The van der Waals surface area contributed by atoms with Crippen molar-refractivity contribution in [3.8, 4) is 22.8 Å². The summed E-state index contributed by atoms with van der Waals surface area (Å²) in [6.07, 6.45) is 3.63. The molecule has 0 unspecified atom stereocenters. The Labute approximate surface area is 144 Å². The average molecular weight is 335 g/mol. The summed E-state index contributed by atoms with van der Waals surface area (Å²) in [5, 5.41) is 17.4. The van der Waals surface area contributed by atoms with Crippen LogP contribution in [0.5, 0.6) is 5.75 Å². The predicted octanol–water partition coefficient (Wildman–Crippen LogP) is 2.19. The number of hydrogen-bond acceptors (Lipinski definition) is 5. The minimum atomic E-state index is -0.0400. The molecule has 0 bridgehead atoms. The largest absolute Gasteiger partial charge is 0.490 e. The van der Waals surface area contributed by atoms with Gasteiger partial charge in [0.25, 0.3) is 0 Å². The van der Waals surface area contributed by atoms with E-state index in [1.807, 2.05) is 60.3 Å². The third-order valence-corrected chi connectivity index (χ3v) is 4.00. The second-order valence-corrected chi connectivity index (χ2v) is 5.55. The molecule has 4 aromatic rings. The molecule has 0 amide bonds. The highest BCUT2D eigenvalue weighted by molar-refractivity contribution is 5.84. The van der Waals surface area contributed by atoms with E-state index in [0.717, 1.165) is 28.1 Å². The summed E-state index contributed by atoms with van der Waals surface area (Å²) in [7, 11) is 1.87. The van der Waals surface area contributed by atoms with Crippen molar-refractivity contribution in [3.05, 3.63) is 54.9 Å². The molecule has 4 rings (SSSR count). The van der Waals surface area contributed by atoms with Crippen LogP contribution >= 0.6 is 0 Å². The van der Waals surface area contributed by atoms with E-state index in [0.29, 0.717) is 5.75 Å². The molecule has 126 valence electrons. The van der Waals surface area contributed by atoms with Crippen LogP contribution in [-0.4, -0.2) is 42.9 Å². The van der Waals surface area contributed by atoms with Gasteiger partial charge in [0.15, 0.2) is 0 Å². The summed E-state index contributed by atoms with van der Waals surface area (Å²) in [6, 6.07) is 13.6. The van der Waals surface area contributed by atoms with Crippen LogP contribution in [0.25, 0.3) is 28.1 Å². The number of rotatable bonds is 5. The first-order valence-electron chi connectivity index (χ1n) is 7.95. The summed E-state index contributed by atoms with van der Waals surface area (Å²) in [5.41, 5.74) is 3.50. The molecule has 0 radical (unpaired) electrons. The maximum Gasteiger partial charge on any atom is 0.148 e. The molecule has 2 aromatic heterocycles. The highest BCUT2D eigenvalue weighted by Crippen LogP contribution is 2.31. The maximum absolute atomic E-state index is 9.04. The van der Waals surface area contributed by atoms with Gasteiger partial charge in [0.05, 0.1) is 23.4 Å². The lowest BCUT2D eigenvalue weighted by molar-refractivity contribution is 0.202.